The van der Waals surface area contributed by atoms with E-state index in [-0.39, 0.29) is 5.56 Å². The van der Waals surface area contributed by atoms with Gasteiger partial charge < -0.3 is 10.2 Å². The van der Waals surface area contributed by atoms with Crippen LogP contribution >= 0.6 is 15.9 Å². The van der Waals surface area contributed by atoms with Crippen LogP contribution < -0.4 is 0 Å². The van der Waals surface area contributed by atoms with Crippen molar-refractivity contribution in [2.24, 2.45) is 0 Å². The third kappa shape index (κ3) is 3.99. The quantitative estimate of drug-likeness (QED) is 0.894. The van der Waals surface area contributed by atoms with E-state index < -0.39 is 30.6 Å². The van der Waals surface area contributed by atoms with Gasteiger partial charge in [0, 0.05) is 4.47 Å². The third-order valence-electron chi connectivity index (χ3n) is 2.41. The van der Waals surface area contributed by atoms with Gasteiger partial charge in [-0.25, -0.2) is 0 Å². The zero-order chi connectivity index (χ0) is 13.9. The van der Waals surface area contributed by atoms with Crippen LogP contribution in [0.15, 0.2) is 28.7 Å². The molecule has 0 spiro atoms. The van der Waals surface area contributed by atoms with Gasteiger partial charge in [0.2, 0.25) is 0 Å². The van der Waals surface area contributed by atoms with Crippen molar-refractivity contribution >= 4 is 21.9 Å². The van der Waals surface area contributed by atoms with Gasteiger partial charge in [0.05, 0.1) is 5.92 Å². The number of aliphatic hydroxyl groups excluding tert-OH is 1. The van der Waals surface area contributed by atoms with Crippen LogP contribution in [-0.2, 0) is 4.79 Å². The summed E-state index contributed by atoms with van der Waals surface area (Å²) in [5.74, 6) is -2.80. The number of benzene rings is 1. The average Bonchev–Trinajstić information content (AvgIpc) is 2.25. The molecule has 1 rings (SSSR count). The van der Waals surface area contributed by atoms with Gasteiger partial charge >= 0.3 is 12.1 Å². The minimum Gasteiger partial charge on any atom is -0.481 e. The first kappa shape index (κ1) is 15.0. The maximum Gasteiger partial charge on any atom is 0.414 e. The van der Waals surface area contributed by atoms with Gasteiger partial charge in [-0.2, -0.15) is 13.2 Å². The van der Waals surface area contributed by atoms with Crippen molar-refractivity contribution in [3.8, 4) is 0 Å². The van der Waals surface area contributed by atoms with Crippen LogP contribution in [0.3, 0.4) is 0 Å². The molecule has 2 N–H and O–H groups in total. The number of aliphatic carboxylic acids is 1. The van der Waals surface area contributed by atoms with Gasteiger partial charge in [-0.05, 0) is 24.1 Å². The highest BCUT2D eigenvalue weighted by Crippen LogP contribution is 2.30. The lowest BCUT2D eigenvalue weighted by atomic mass is 9.93. The van der Waals surface area contributed by atoms with E-state index in [1.807, 2.05) is 0 Å². The smallest absolute Gasteiger partial charge is 0.414 e. The summed E-state index contributed by atoms with van der Waals surface area (Å²) in [5.41, 5.74) is 0.217. The van der Waals surface area contributed by atoms with Gasteiger partial charge in [-0.1, -0.05) is 28.1 Å². The molecule has 1 aromatic carbocycles. The standard InChI is InChI=1S/C11H10BrF3O3/c12-7-3-1-6(2-4-7)8(10(17)18)5-9(16)11(13,14)15/h1-4,8-9,16H,5H2,(H,17,18). The number of carboxylic acid groups (broad SMARTS) is 1. The Bertz CT molecular complexity index is 417. The van der Waals surface area contributed by atoms with E-state index >= 15 is 0 Å². The SMILES string of the molecule is O=C(O)C(CC(O)C(F)(F)F)c1ccc(Br)cc1. The fraction of sp³-hybridized carbons (Fsp3) is 0.364. The molecule has 100 valence electrons. The fourth-order valence-electron chi connectivity index (χ4n) is 1.43. The first-order valence-corrected chi connectivity index (χ1v) is 5.74. The molecule has 0 aliphatic rings. The van der Waals surface area contributed by atoms with Crippen molar-refractivity contribution in [1.29, 1.82) is 0 Å². The van der Waals surface area contributed by atoms with Crippen LogP contribution in [0.1, 0.15) is 17.9 Å². The molecule has 1 aromatic rings. The summed E-state index contributed by atoms with van der Waals surface area (Å²) in [6.07, 6.45) is -8.37. The number of carbonyl (C=O) groups is 1. The molecule has 0 saturated carbocycles. The summed E-state index contributed by atoms with van der Waals surface area (Å²) in [6.45, 7) is 0. The zero-order valence-electron chi connectivity index (χ0n) is 8.99. The molecule has 0 aromatic heterocycles. The monoisotopic (exact) mass is 326 g/mol. The van der Waals surface area contributed by atoms with Crippen LogP contribution in [0.4, 0.5) is 13.2 Å². The summed E-state index contributed by atoms with van der Waals surface area (Å²) >= 11 is 3.14. The molecule has 0 heterocycles. The van der Waals surface area contributed by atoms with Crippen molar-refractivity contribution in [2.45, 2.75) is 24.6 Å². The highest BCUT2D eigenvalue weighted by atomic mass is 79.9. The van der Waals surface area contributed by atoms with E-state index in [1.165, 1.54) is 24.3 Å². The molecule has 0 radical (unpaired) electrons. The Labute approximate surface area is 109 Å². The predicted molar refractivity (Wildman–Crippen MR) is 61.2 cm³/mol. The van der Waals surface area contributed by atoms with E-state index in [2.05, 4.69) is 15.9 Å². The van der Waals surface area contributed by atoms with Crippen molar-refractivity contribution in [1.82, 2.24) is 0 Å². The molecule has 0 aliphatic heterocycles. The number of rotatable bonds is 4. The summed E-state index contributed by atoms with van der Waals surface area (Å²) in [4.78, 5) is 11.0. The van der Waals surface area contributed by atoms with Crippen LogP contribution in [0.25, 0.3) is 0 Å². The number of carboxylic acids is 1. The van der Waals surface area contributed by atoms with Gasteiger partial charge in [0.15, 0.2) is 6.10 Å². The van der Waals surface area contributed by atoms with Gasteiger partial charge in [-0.3, -0.25) is 4.79 Å². The summed E-state index contributed by atoms with van der Waals surface area (Å²) in [7, 11) is 0. The molecule has 18 heavy (non-hydrogen) atoms. The Balaban J connectivity index is 2.91. The van der Waals surface area contributed by atoms with Crippen LogP contribution in [-0.4, -0.2) is 28.5 Å². The molecule has 2 atom stereocenters. The molecule has 0 fully saturated rings. The lowest BCUT2D eigenvalue weighted by Crippen LogP contribution is -2.32. The Kier molecular flexibility index (Phi) is 4.75. The largest absolute Gasteiger partial charge is 0.481 e. The van der Waals surface area contributed by atoms with Gasteiger partial charge in [-0.15, -0.1) is 0 Å². The Morgan fingerprint density at radius 1 is 1.28 bits per heavy atom. The first-order chi connectivity index (χ1) is 8.21. The first-order valence-electron chi connectivity index (χ1n) is 4.95. The zero-order valence-corrected chi connectivity index (χ0v) is 10.6. The second kappa shape index (κ2) is 5.71. The van der Waals surface area contributed by atoms with E-state index in [9.17, 15) is 18.0 Å². The summed E-state index contributed by atoms with van der Waals surface area (Å²) < 4.78 is 37.3. The normalized spacial score (nSPS) is 15.2. The van der Waals surface area contributed by atoms with Crippen molar-refractivity contribution < 1.29 is 28.2 Å². The molecule has 0 bridgehead atoms. The third-order valence-corrected chi connectivity index (χ3v) is 2.94. The summed E-state index contributed by atoms with van der Waals surface area (Å²) in [6, 6.07) is 5.88. The molecule has 3 nitrogen and oxygen atoms in total. The number of hydrogen-bond donors (Lipinski definition) is 2. The average molecular weight is 327 g/mol. The Morgan fingerprint density at radius 2 is 1.78 bits per heavy atom. The highest BCUT2D eigenvalue weighted by molar-refractivity contribution is 9.10. The van der Waals surface area contributed by atoms with Crippen LogP contribution in [0.2, 0.25) is 0 Å². The number of halogens is 4. The van der Waals surface area contributed by atoms with Crippen molar-refractivity contribution in [3.63, 3.8) is 0 Å². The van der Waals surface area contributed by atoms with Crippen molar-refractivity contribution in [3.05, 3.63) is 34.3 Å². The Morgan fingerprint density at radius 3 is 2.17 bits per heavy atom. The second-order valence-corrected chi connectivity index (χ2v) is 4.65. The molecule has 0 aliphatic carbocycles. The van der Waals surface area contributed by atoms with E-state index in [4.69, 9.17) is 10.2 Å². The molecular weight excluding hydrogens is 317 g/mol. The molecular formula is C11H10BrF3O3. The second-order valence-electron chi connectivity index (χ2n) is 3.74. The lowest BCUT2D eigenvalue weighted by Gasteiger charge is -2.19. The minimum absolute atomic E-state index is 0.217. The molecule has 7 heteroatoms. The van der Waals surface area contributed by atoms with E-state index in [0.29, 0.717) is 4.47 Å². The Hall–Kier alpha value is -1.08. The maximum absolute atomic E-state index is 12.2. The highest BCUT2D eigenvalue weighted by Gasteiger charge is 2.41. The van der Waals surface area contributed by atoms with Gasteiger partial charge in [0.1, 0.15) is 0 Å². The molecule has 0 saturated heterocycles. The van der Waals surface area contributed by atoms with E-state index in [1.54, 1.807) is 0 Å². The van der Waals surface area contributed by atoms with E-state index in [0.717, 1.165) is 0 Å². The lowest BCUT2D eigenvalue weighted by molar-refractivity contribution is -0.207. The van der Waals surface area contributed by atoms with Crippen LogP contribution in [0, 0.1) is 0 Å². The molecule has 0 amide bonds. The number of aliphatic hydroxyl groups is 1. The minimum atomic E-state index is -4.82. The maximum atomic E-state index is 12.2. The molecule has 2 unspecified atom stereocenters. The summed E-state index contributed by atoms with van der Waals surface area (Å²) in [5, 5.41) is 17.8. The fourth-order valence-corrected chi connectivity index (χ4v) is 1.70. The van der Waals surface area contributed by atoms with Gasteiger partial charge in [0.25, 0.3) is 0 Å². The topological polar surface area (TPSA) is 57.5 Å². The number of hydrogen-bond acceptors (Lipinski definition) is 2. The van der Waals surface area contributed by atoms with Crippen LogP contribution in [0.5, 0.6) is 0 Å². The number of alkyl halides is 3. The van der Waals surface area contributed by atoms with Crippen molar-refractivity contribution in [2.75, 3.05) is 0 Å². The predicted octanol–water partition coefficient (Wildman–Crippen LogP) is 2.93.